The molecule has 2 bridgehead atoms. The highest BCUT2D eigenvalue weighted by atomic mass is 35.5. The van der Waals surface area contributed by atoms with Gasteiger partial charge in [0.15, 0.2) is 0 Å². The second-order valence-corrected chi connectivity index (χ2v) is 12.4. The molecule has 1 aliphatic heterocycles. The number of urea groups is 1. The van der Waals surface area contributed by atoms with Crippen LogP contribution in [0.15, 0.2) is 60.2 Å². The summed E-state index contributed by atoms with van der Waals surface area (Å²) in [5.41, 5.74) is 3.45. The van der Waals surface area contributed by atoms with Crippen LogP contribution in [0.1, 0.15) is 32.3 Å². The molecule has 7 nitrogen and oxygen atoms in total. The molecule has 2 fully saturated rings. The lowest BCUT2D eigenvalue weighted by atomic mass is 9.49. The van der Waals surface area contributed by atoms with Crippen molar-refractivity contribution in [3.63, 3.8) is 0 Å². The predicted molar refractivity (Wildman–Crippen MR) is 160 cm³/mol. The van der Waals surface area contributed by atoms with Crippen LogP contribution in [0.5, 0.6) is 5.75 Å². The van der Waals surface area contributed by atoms with Crippen molar-refractivity contribution in [1.29, 1.82) is 0 Å². The highest BCUT2D eigenvalue weighted by Gasteiger charge is 2.51. The minimum Gasteiger partial charge on any atom is -0.497 e. The van der Waals surface area contributed by atoms with E-state index in [1.165, 1.54) is 12.0 Å². The summed E-state index contributed by atoms with van der Waals surface area (Å²) in [6.45, 7) is 9.82. The molecule has 0 spiro atoms. The molecule has 0 radical (unpaired) electrons. The fraction of sp³-hybridized carbons (Fsp3) is 0.500. The third kappa shape index (κ3) is 6.47. The van der Waals surface area contributed by atoms with E-state index in [9.17, 15) is 9.59 Å². The van der Waals surface area contributed by atoms with Crippen LogP contribution in [0.4, 0.5) is 10.5 Å². The lowest BCUT2D eigenvalue weighted by Crippen LogP contribution is -2.53. The van der Waals surface area contributed by atoms with Crippen LogP contribution >= 0.6 is 11.6 Å². The molecule has 40 heavy (non-hydrogen) atoms. The Morgan fingerprint density at radius 3 is 2.38 bits per heavy atom. The van der Waals surface area contributed by atoms with Gasteiger partial charge < -0.3 is 19.9 Å². The van der Waals surface area contributed by atoms with Crippen LogP contribution in [0, 0.1) is 17.3 Å². The maximum atomic E-state index is 13.5. The van der Waals surface area contributed by atoms with Crippen molar-refractivity contribution >= 4 is 29.2 Å². The summed E-state index contributed by atoms with van der Waals surface area (Å²) in [7, 11) is 1.64. The van der Waals surface area contributed by atoms with Gasteiger partial charge >= 0.3 is 6.03 Å². The van der Waals surface area contributed by atoms with Crippen LogP contribution in [0.25, 0.3) is 0 Å². The number of amides is 3. The van der Waals surface area contributed by atoms with Gasteiger partial charge in [-0.05, 0) is 72.1 Å². The Balaban J connectivity index is 1.16. The average Bonchev–Trinajstić information content (AvgIpc) is 2.97. The summed E-state index contributed by atoms with van der Waals surface area (Å²) < 4.78 is 5.21. The van der Waals surface area contributed by atoms with E-state index < -0.39 is 0 Å². The first-order valence-corrected chi connectivity index (χ1v) is 14.7. The number of methoxy groups -OCH3 is 1. The van der Waals surface area contributed by atoms with Gasteiger partial charge in [-0.3, -0.25) is 9.69 Å². The lowest BCUT2D eigenvalue weighted by molar-refractivity contribution is -0.132. The Hall–Kier alpha value is -3.03. The third-order valence-corrected chi connectivity index (χ3v) is 9.52. The van der Waals surface area contributed by atoms with Crippen molar-refractivity contribution in [2.75, 3.05) is 58.2 Å². The zero-order valence-corrected chi connectivity index (χ0v) is 24.6. The number of hydrogen-bond acceptors (Lipinski definition) is 4. The SMILES string of the molecule is COc1ccc(CC(=O)N2CCN(CCN(CC3=CCC4CC3C4(C)C)C(=O)Nc3ccc(Cl)cc3)CC2)cc1. The smallest absolute Gasteiger partial charge is 0.322 e. The number of nitrogens with zero attached hydrogens (tertiary/aromatic N) is 3. The number of rotatable bonds is 9. The van der Waals surface area contributed by atoms with Crippen LogP contribution in [-0.4, -0.2) is 79.6 Å². The molecule has 6 rings (SSSR count). The molecule has 4 aliphatic rings. The number of ether oxygens (including phenoxy) is 1. The van der Waals surface area contributed by atoms with Gasteiger partial charge in [0, 0.05) is 56.5 Å². The van der Waals surface area contributed by atoms with Gasteiger partial charge in [-0.1, -0.05) is 49.2 Å². The van der Waals surface area contributed by atoms with Gasteiger partial charge in [-0.25, -0.2) is 4.79 Å². The predicted octanol–water partition coefficient (Wildman–Crippen LogP) is 5.56. The van der Waals surface area contributed by atoms with E-state index >= 15 is 0 Å². The first-order chi connectivity index (χ1) is 19.2. The summed E-state index contributed by atoms with van der Waals surface area (Å²) in [6, 6.07) is 14.8. The number of nitrogens with one attached hydrogen (secondary N) is 1. The largest absolute Gasteiger partial charge is 0.497 e. The van der Waals surface area contributed by atoms with Gasteiger partial charge in [0.1, 0.15) is 5.75 Å². The summed E-state index contributed by atoms with van der Waals surface area (Å²) >= 11 is 6.04. The van der Waals surface area contributed by atoms with Gasteiger partial charge in [0.25, 0.3) is 0 Å². The normalized spacial score (nSPS) is 21.7. The molecule has 8 heteroatoms. The quantitative estimate of drug-likeness (QED) is 0.405. The maximum Gasteiger partial charge on any atom is 0.322 e. The Morgan fingerprint density at radius 2 is 1.75 bits per heavy atom. The van der Waals surface area contributed by atoms with Crippen LogP contribution < -0.4 is 10.1 Å². The molecular formula is C32H41ClN4O3. The van der Waals surface area contributed by atoms with Crippen molar-refractivity contribution < 1.29 is 14.3 Å². The Morgan fingerprint density at radius 1 is 1.05 bits per heavy atom. The summed E-state index contributed by atoms with van der Waals surface area (Å²) in [5.74, 6) is 2.26. The molecule has 1 N–H and O–H groups in total. The molecule has 0 aromatic heterocycles. The number of hydrogen-bond donors (Lipinski definition) is 1. The molecule has 3 aliphatic carbocycles. The van der Waals surface area contributed by atoms with Gasteiger partial charge in [0.05, 0.1) is 13.5 Å². The molecule has 2 aromatic rings. The first kappa shape index (κ1) is 28.5. The van der Waals surface area contributed by atoms with Crippen LogP contribution in [0.3, 0.4) is 0 Å². The summed E-state index contributed by atoms with van der Waals surface area (Å²) in [5, 5.41) is 3.71. The van der Waals surface area contributed by atoms with E-state index in [-0.39, 0.29) is 11.9 Å². The molecule has 1 saturated heterocycles. The second-order valence-electron chi connectivity index (χ2n) is 11.9. The number of fused-ring (bicyclic) bond motifs is 1. The van der Waals surface area contributed by atoms with E-state index in [1.54, 1.807) is 19.2 Å². The molecule has 2 unspecified atom stereocenters. The topological polar surface area (TPSA) is 65.1 Å². The Bertz CT molecular complexity index is 1220. The molecule has 3 amide bonds. The van der Waals surface area contributed by atoms with Gasteiger partial charge in [0.2, 0.25) is 5.91 Å². The number of allylic oxidation sites excluding steroid dienone is 1. The van der Waals surface area contributed by atoms with Crippen LogP contribution in [0.2, 0.25) is 5.02 Å². The maximum absolute atomic E-state index is 13.5. The fourth-order valence-corrected chi connectivity index (χ4v) is 6.50. The third-order valence-electron chi connectivity index (χ3n) is 9.26. The molecular weight excluding hydrogens is 524 g/mol. The van der Waals surface area contributed by atoms with Crippen molar-refractivity contribution in [3.05, 3.63) is 70.8 Å². The summed E-state index contributed by atoms with van der Waals surface area (Å²) in [4.78, 5) is 32.6. The fourth-order valence-electron chi connectivity index (χ4n) is 6.38. The molecule has 1 saturated carbocycles. The first-order valence-electron chi connectivity index (χ1n) is 14.4. The molecule has 1 heterocycles. The number of halogens is 1. The van der Waals surface area contributed by atoms with E-state index in [0.717, 1.165) is 49.0 Å². The Kier molecular flexibility index (Phi) is 8.71. The van der Waals surface area contributed by atoms with Crippen molar-refractivity contribution in [3.8, 4) is 5.75 Å². The monoisotopic (exact) mass is 564 g/mol. The zero-order valence-electron chi connectivity index (χ0n) is 23.9. The summed E-state index contributed by atoms with van der Waals surface area (Å²) in [6.07, 6.45) is 5.12. The highest BCUT2D eigenvalue weighted by molar-refractivity contribution is 6.30. The highest BCUT2D eigenvalue weighted by Crippen LogP contribution is 2.59. The molecule has 2 aromatic carbocycles. The van der Waals surface area contributed by atoms with E-state index in [1.807, 2.05) is 46.2 Å². The number of carbonyl (C=O) groups excluding carboxylic acids is 2. The average molecular weight is 565 g/mol. The number of carbonyl (C=O) groups is 2. The second kappa shape index (κ2) is 12.2. The minimum absolute atomic E-state index is 0.0872. The molecule has 214 valence electrons. The van der Waals surface area contributed by atoms with Crippen LogP contribution in [-0.2, 0) is 11.2 Å². The Labute approximate surface area is 243 Å². The van der Waals surface area contributed by atoms with E-state index in [0.29, 0.717) is 49.0 Å². The van der Waals surface area contributed by atoms with Gasteiger partial charge in [-0.2, -0.15) is 0 Å². The number of piperazine rings is 1. The number of benzene rings is 2. The minimum atomic E-state index is -0.0872. The van der Waals surface area contributed by atoms with Crippen molar-refractivity contribution in [2.24, 2.45) is 17.3 Å². The van der Waals surface area contributed by atoms with E-state index in [4.69, 9.17) is 16.3 Å². The standard InChI is InChI=1S/C32H41ClN4O3/c1-32(2)25-7-6-24(29(32)21-25)22-37(31(39)34-27-10-8-26(33)9-11-27)19-16-35-14-17-36(18-15-35)30(38)20-23-4-12-28(40-3)13-5-23/h4-6,8-13,25,29H,7,14-22H2,1-3H3,(H,34,39). The lowest BCUT2D eigenvalue weighted by Gasteiger charge is -2.57. The van der Waals surface area contributed by atoms with Crippen molar-refractivity contribution in [2.45, 2.75) is 33.1 Å². The molecule has 2 atom stereocenters. The van der Waals surface area contributed by atoms with Gasteiger partial charge in [-0.15, -0.1) is 0 Å². The number of anilines is 1. The van der Waals surface area contributed by atoms with Crippen molar-refractivity contribution in [1.82, 2.24) is 14.7 Å². The zero-order chi connectivity index (χ0) is 28.3. The van der Waals surface area contributed by atoms with E-state index in [2.05, 4.69) is 30.1 Å².